The smallest absolute Gasteiger partial charge is 0.257 e. The highest BCUT2D eigenvalue weighted by Gasteiger charge is 2.29. The molecule has 186 valence electrons. The molecule has 0 saturated carbocycles. The third kappa shape index (κ3) is 5.40. The molecule has 0 N–H and O–H groups in total. The number of rotatable bonds is 7. The molecule has 0 spiro atoms. The van der Waals surface area contributed by atoms with Crippen LogP contribution in [0.25, 0.3) is 11.3 Å². The fourth-order valence-corrected chi connectivity index (χ4v) is 4.77. The van der Waals surface area contributed by atoms with Crippen molar-refractivity contribution in [1.29, 1.82) is 5.26 Å². The molecule has 0 radical (unpaired) electrons. The zero-order chi connectivity index (χ0) is 25.6. The van der Waals surface area contributed by atoms with Crippen molar-refractivity contribution in [2.75, 3.05) is 33.3 Å². The summed E-state index contributed by atoms with van der Waals surface area (Å²) < 4.78 is 7.24. The van der Waals surface area contributed by atoms with Gasteiger partial charge in [0.25, 0.3) is 5.91 Å². The highest BCUT2D eigenvalue weighted by atomic mass is 16.5. The van der Waals surface area contributed by atoms with Crippen LogP contribution in [0.3, 0.4) is 0 Å². The van der Waals surface area contributed by atoms with Gasteiger partial charge in [-0.3, -0.25) is 14.4 Å². The van der Waals surface area contributed by atoms with Crippen LogP contribution in [0.15, 0.2) is 91.1 Å². The molecular formula is C30H29N5O2. The summed E-state index contributed by atoms with van der Waals surface area (Å²) in [4.78, 5) is 17.8. The number of benzene rings is 3. The van der Waals surface area contributed by atoms with Gasteiger partial charge in [0.2, 0.25) is 0 Å². The summed E-state index contributed by atoms with van der Waals surface area (Å²) in [5, 5.41) is 14.6. The summed E-state index contributed by atoms with van der Waals surface area (Å²) in [6, 6.07) is 29.6. The SMILES string of the molecule is COc1cccc(-c2nn(Cc3ccccc3)cc2C(=O)N2CCN(C(C#N)c3ccccc3)CC2)c1. The van der Waals surface area contributed by atoms with E-state index >= 15 is 0 Å². The monoisotopic (exact) mass is 491 g/mol. The predicted octanol–water partition coefficient (Wildman–Crippen LogP) is 4.63. The molecule has 2 heterocycles. The van der Waals surface area contributed by atoms with Crippen LogP contribution in [-0.4, -0.2) is 58.8 Å². The molecule has 4 aromatic rings. The molecule has 0 bridgehead atoms. The van der Waals surface area contributed by atoms with Crippen LogP contribution in [0.1, 0.15) is 27.5 Å². The maximum atomic E-state index is 13.8. The Morgan fingerprint density at radius 2 is 1.68 bits per heavy atom. The number of amides is 1. The first kappa shape index (κ1) is 24.3. The van der Waals surface area contributed by atoms with Gasteiger partial charge in [0.15, 0.2) is 0 Å². The zero-order valence-electron chi connectivity index (χ0n) is 20.8. The third-order valence-electron chi connectivity index (χ3n) is 6.73. The second-order valence-corrected chi connectivity index (χ2v) is 9.08. The quantitative estimate of drug-likeness (QED) is 0.377. The number of hydrogen-bond acceptors (Lipinski definition) is 5. The average Bonchev–Trinajstić information content (AvgIpc) is 3.38. The lowest BCUT2D eigenvalue weighted by molar-refractivity contribution is 0.0607. The molecule has 1 atom stereocenters. The topological polar surface area (TPSA) is 74.4 Å². The van der Waals surface area contributed by atoms with Crippen LogP contribution in [0.5, 0.6) is 5.75 Å². The van der Waals surface area contributed by atoms with E-state index in [1.54, 1.807) is 7.11 Å². The van der Waals surface area contributed by atoms with Gasteiger partial charge in [0.05, 0.1) is 25.3 Å². The summed E-state index contributed by atoms with van der Waals surface area (Å²) in [6.45, 7) is 2.92. The largest absolute Gasteiger partial charge is 0.497 e. The highest BCUT2D eigenvalue weighted by molar-refractivity contribution is 6.00. The number of hydrogen-bond donors (Lipinski definition) is 0. The van der Waals surface area contributed by atoms with Crippen molar-refractivity contribution >= 4 is 5.91 Å². The number of carbonyl (C=O) groups is 1. The van der Waals surface area contributed by atoms with Crippen molar-refractivity contribution < 1.29 is 9.53 Å². The summed E-state index contributed by atoms with van der Waals surface area (Å²) in [5.41, 5.74) is 4.13. The Balaban J connectivity index is 1.38. The van der Waals surface area contributed by atoms with Gasteiger partial charge in [-0.15, -0.1) is 0 Å². The second kappa shape index (κ2) is 11.1. The normalized spacial score (nSPS) is 14.6. The Labute approximate surface area is 217 Å². The van der Waals surface area contributed by atoms with Crippen molar-refractivity contribution in [3.63, 3.8) is 0 Å². The van der Waals surface area contributed by atoms with E-state index in [9.17, 15) is 10.1 Å². The van der Waals surface area contributed by atoms with E-state index in [1.807, 2.05) is 101 Å². The van der Waals surface area contributed by atoms with E-state index in [4.69, 9.17) is 9.84 Å². The van der Waals surface area contributed by atoms with Crippen molar-refractivity contribution in [2.24, 2.45) is 0 Å². The van der Waals surface area contributed by atoms with Gasteiger partial charge in [0, 0.05) is 37.9 Å². The van der Waals surface area contributed by atoms with Crippen molar-refractivity contribution in [3.8, 4) is 23.1 Å². The van der Waals surface area contributed by atoms with Crippen LogP contribution in [-0.2, 0) is 6.54 Å². The lowest BCUT2D eigenvalue weighted by Gasteiger charge is -2.37. The standard InChI is InChI=1S/C30H29N5O2/c1-37-26-14-8-13-25(19-26)29-27(22-35(32-29)21-23-9-4-2-5-10-23)30(36)34-17-15-33(16-18-34)28(20-31)24-11-6-3-7-12-24/h2-14,19,22,28H,15-18,21H2,1H3. The molecule has 0 aliphatic carbocycles. The minimum atomic E-state index is -0.320. The van der Waals surface area contributed by atoms with Crippen molar-refractivity contribution in [1.82, 2.24) is 19.6 Å². The van der Waals surface area contributed by atoms with Crippen LogP contribution in [0, 0.1) is 11.3 Å². The average molecular weight is 492 g/mol. The van der Waals surface area contributed by atoms with Gasteiger partial charge in [-0.2, -0.15) is 10.4 Å². The minimum absolute atomic E-state index is 0.0509. The zero-order valence-corrected chi connectivity index (χ0v) is 20.8. The Kier molecular flexibility index (Phi) is 7.29. The molecule has 3 aromatic carbocycles. The van der Waals surface area contributed by atoms with Gasteiger partial charge in [-0.05, 0) is 23.3 Å². The van der Waals surface area contributed by atoms with E-state index in [0.717, 1.165) is 16.7 Å². The molecular weight excluding hydrogens is 462 g/mol. The molecule has 7 nitrogen and oxygen atoms in total. The maximum absolute atomic E-state index is 13.8. The van der Waals surface area contributed by atoms with E-state index in [2.05, 4.69) is 11.0 Å². The molecule has 5 rings (SSSR count). The molecule has 1 saturated heterocycles. The molecule has 1 aliphatic rings. The number of nitrogens with zero attached hydrogens (tertiary/aromatic N) is 5. The van der Waals surface area contributed by atoms with Crippen molar-refractivity contribution in [2.45, 2.75) is 12.6 Å². The minimum Gasteiger partial charge on any atom is -0.497 e. The van der Waals surface area contributed by atoms with Crippen LogP contribution in [0.4, 0.5) is 0 Å². The number of ether oxygens (including phenoxy) is 1. The molecule has 1 amide bonds. The van der Waals surface area contributed by atoms with Gasteiger partial charge in [0.1, 0.15) is 17.5 Å². The number of piperazine rings is 1. The number of aromatic nitrogens is 2. The maximum Gasteiger partial charge on any atom is 0.257 e. The summed E-state index contributed by atoms with van der Waals surface area (Å²) in [5.74, 6) is 0.663. The molecule has 1 unspecified atom stereocenters. The fourth-order valence-electron chi connectivity index (χ4n) is 4.77. The first-order valence-electron chi connectivity index (χ1n) is 12.4. The fraction of sp³-hybridized carbons (Fsp3) is 0.233. The Morgan fingerprint density at radius 3 is 2.35 bits per heavy atom. The summed E-state index contributed by atoms with van der Waals surface area (Å²) in [7, 11) is 1.63. The first-order valence-corrected chi connectivity index (χ1v) is 12.4. The third-order valence-corrected chi connectivity index (χ3v) is 6.73. The van der Waals surface area contributed by atoms with E-state index in [0.29, 0.717) is 49.7 Å². The lowest BCUT2D eigenvalue weighted by Crippen LogP contribution is -2.49. The first-order chi connectivity index (χ1) is 18.2. The van der Waals surface area contributed by atoms with E-state index in [1.165, 1.54) is 0 Å². The summed E-state index contributed by atoms with van der Waals surface area (Å²) >= 11 is 0. The van der Waals surface area contributed by atoms with Gasteiger partial charge in [-0.1, -0.05) is 72.8 Å². The number of nitriles is 1. The Bertz CT molecular complexity index is 1390. The van der Waals surface area contributed by atoms with Gasteiger partial charge in [-0.25, -0.2) is 0 Å². The molecule has 1 fully saturated rings. The van der Waals surface area contributed by atoms with Crippen LogP contribution >= 0.6 is 0 Å². The Hall–Kier alpha value is -4.41. The number of carbonyl (C=O) groups excluding carboxylic acids is 1. The number of methoxy groups -OCH3 is 1. The van der Waals surface area contributed by atoms with Crippen molar-refractivity contribution in [3.05, 3.63) is 108 Å². The highest BCUT2D eigenvalue weighted by Crippen LogP contribution is 2.28. The van der Waals surface area contributed by atoms with E-state index < -0.39 is 0 Å². The second-order valence-electron chi connectivity index (χ2n) is 9.08. The molecule has 37 heavy (non-hydrogen) atoms. The summed E-state index contributed by atoms with van der Waals surface area (Å²) in [6.07, 6.45) is 1.85. The van der Waals surface area contributed by atoms with Crippen LogP contribution in [0.2, 0.25) is 0 Å². The molecule has 1 aromatic heterocycles. The van der Waals surface area contributed by atoms with Crippen LogP contribution < -0.4 is 4.74 Å². The van der Waals surface area contributed by atoms with Gasteiger partial charge >= 0.3 is 0 Å². The lowest BCUT2D eigenvalue weighted by atomic mass is 10.0. The molecule has 1 aliphatic heterocycles. The van der Waals surface area contributed by atoms with Gasteiger partial charge < -0.3 is 9.64 Å². The van der Waals surface area contributed by atoms with E-state index in [-0.39, 0.29) is 11.9 Å². The Morgan fingerprint density at radius 1 is 0.973 bits per heavy atom. The predicted molar refractivity (Wildman–Crippen MR) is 142 cm³/mol. The molecule has 7 heteroatoms.